The number of carbonyl (C=O) groups excluding carboxylic acids is 2. The van der Waals surface area contributed by atoms with E-state index in [2.05, 4.69) is 4.98 Å². The Morgan fingerprint density at radius 2 is 1.93 bits per heavy atom. The number of nitrogens with two attached hydrogens (primary N) is 1. The second kappa shape index (κ2) is 8.35. The Labute approximate surface area is 163 Å². The number of nitro groups is 1. The molecule has 0 unspecified atom stereocenters. The summed E-state index contributed by atoms with van der Waals surface area (Å²) in [6.45, 7) is 0. The van der Waals surface area contributed by atoms with Gasteiger partial charge in [-0.2, -0.15) is 0 Å². The molecule has 0 aliphatic heterocycles. The number of nitrogens with zero attached hydrogens (tertiary/aromatic N) is 3. The number of urea groups is 1. The molecule has 0 aliphatic rings. The summed E-state index contributed by atoms with van der Waals surface area (Å²) in [5.41, 5.74) is 6.81. The molecule has 3 rings (SSSR count). The maximum atomic E-state index is 11.7. The largest absolute Gasteiger partial charge is 0.351 e. The van der Waals surface area contributed by atoms with Crippen molar-refractivity contribution in [2.24, 2.45) is 5.73 Å². The van der Waals surface area contributed by atoms with Gasteiger partial charge in [0.1, 0.15) is 0 Å². The molecule has 3 N–H and O–H groups in total. The van der Waals surface area contributed by atoms with Crippen molar-refractivity contribution in [1.82, 2.24) is 14.9 Å². The molecule has 0 radical (unpaired) electrons. The van der Waals surface area contributed by atoms with Gasteiger partial charge >= 0.3 is 6.03 Å². The lowest BCUT2D eigenvalue weighted by Gasteiger charge is -2.06. The Morgan fingerprint density at radius 3 is 2.61 bits per heavy atom. The predicted octanol–water partition coefficient (Wildman–Crippen LogP) is 2.73. The number of hydrogen-bond acceptors (Lipinski definition) is 6. The van der Waals surface area contributed by atoms with Gasteiger partial charge in [-0.15, -0.1) is 0 Å². The number of hydrogen-bond donors (Lipinski definition) is 2. The minimum absolute atomic E-state index is 0.0400. The molecule has 3 amide bonds. The number of primary amides is 1. The zero-order valence-corrected chi connectivity index (χ0v) is 15.3. The predicted molar refractivity (Wildman–Crippen MR) is 104 cm³/mol. The Hall–Kier alpha value is -3.66. The number of para-hydroxylation sites is 1. The van der Waals surface area contributed by atoms with Crippen LogP contribution in [0.3, 0.4) is 0 Å². The van der Waals surface area contributed by atoms with E-state index in [1.54, 1.807) is 22.9 Å². The summed E-state index contributed by atoms with van der Waals surface area (Å²) in [7, 11) is 0. The molecule has 10 heteroatoms. The maximum Gasteiger partial charge on any atom is 0.318 e. The highest BCUT2D eigenvalue weighted by Gasteiger charge is 2.16. The van der Waals surface area contributed by atoms with E-state index < -0.39 is 16.9 Å². The van der Waals surface area contributed by atoms with Crippen molar-refractivity contribution >= 4 is 29.4 Å². The first-order valence-electron chi connectivity index (χ1n) is 8.06. The second-order valence-electron chi connectivity index (χ2n) is 5.62. The van der Waals surface area contributed by atoms with Gasteiger partial charge in [0.15, 0.2) is 5.16 Å². The van der Waals surface area contributed by atoms with E-state index in [4.69, 9.17) is 5.73 Å². The number of carbonyl (C=O) groups is 2. The van der Waals surface area contributed by atoms with Gasteiger partial charge in [-0.1, -0.05) is 42.1 Å². The first kappa shape index (κ1) is 19.1. The number of nitro benzene ring substituents is 1. The van der Waals surface area contributed by atoms with E-state index in [0.29, 0.717) is 16.4 Å². The Morgan fingerprint density at radius 1 is 1.18 bits per heavy atom. The summed E-state index contributed by atoms with van der Waals surface area (Å²) in [6, 6.07) is 14.5. The van der Waals surface area contributed by atoms with Crippen LogP contribution < -0.4 is 11.1 Å². The molecule has 9 nitrogen and oxygen atoms in total. The number of imide groups is 1. The monoisotopic (exact) mass is 397 g/mol. The molecule has 1 heterocycles. The van der Waals surface area contributed by atoms with E-state index >= 15 is 0 Å². The van der Waals surface area contributed by atoms with Gasteiger partial charge in [0, 0.05) is 29.6 Å². The zero-order valence-electron chi connectivity index (χ0n) is 14.4. The van der Waals surface area contributed by atoms with Gasteiger partial charge in [0.25, 0.3) is 5.69 Å². The zero-order chi connectivity index (χ0) is 20.1. The van der Waals surface area contributed by atoms with Crippen molar-refractivity contribution < 1.29 is 14.5 Å². The number of amides is 3. The fourth-order valence-corrected chi connectivity index (χ4v) is 3.25. The molecule has 0 bridgehead atoms. The fourth-order valence-electron chi connectivity index (χ4n) is 2.46. The summed E-state index contributed by atoms with van der Waals surface area (Å²) in [4.78, 5) is 37.6. The van der Waals surface area contributed by atoms with Crippen LogP contribution in [0.1, 0.15) is 0 Å². The second-order valence-corrected chi connectivity index (χ2v) is 6.57. The molecule has 0 atom stereocenters. The van der Waals surface area contributed by atoms with Gasteiger partial charge in [0.05, 0.1) is 16.4 Å². The molecule has 28 heavy (non-hydrogen) atoms. The van der Waals surface area contributed by atoms with Crippen molar-refractivity contribution in [2.45, 2.75) is 5.16 Å². The molecule has 2 aromatic carbocycles. The van der Waals surface area contributed by atoms with E-state index in [9.17, 15) is 19.7 Å². The van der Waals surface area contributed by atoms with Crippen LogP contribution in [0.15, 0.2) is 66.0 Å². The molecule has 0 fully saturated rings. The number of thioether (sulfide) groups is 1. The minimum Gasteiger partial charge on any atom is -0.351 e. The molecule has 142 valence electrons. The molecule has 0 saturated heterocycles. The van der Waals surface area contributed by atoms with Gasteiger partial charge < -0.3 is 5.73 Å². The summed E-state index contributed by atoms with van der Waals surface area (Å²) in [6.07, 6.45) is 1.74. The van der Waals surface area contributed by atoms with Crippen molar-refractivity contribution in [3.63, 3.8) is 0 Å². The van der Waals surface area contributed by atoms with Crippen LogP contribution in [0, 0.1) is 10.1 Å². The topological polar surface area (TPSA) is 133 Å². The van der Waals surface area contributed by atoms with Crippen molar-refractivity contribution in [3.05, 3.63) is 70.9 Å². The molecule has 3 aromatic rings. The number of non-ortho nitro benzene ring substituents is 1. The van der Waals surface area contributed by atoms with Crippen LogP contribution in [-0.4, -0.2) is 32.2 Å². The average molecular weight is 397 g/mol. The number of nitrogens with one attached hydrogen (secondary N) is 1. The van der Waals surface area contributed by atoms with E-state index in [1.807, 2.05) is 35.6 Å². The van der Waals surface area contributed by atoms with Gasteiger partial charge in [-0.25, -0.2) is 9.78 Å². The van der Waals surface area contributed by atoms with Crippen LogP contribution in [0.4, 0.5) is 10.5 Å². The molecular weight excluding hydrogens is 382 g/mol. The lowest BCUT2D eigenvalue weighted by Crippen LogP contribution is -2.36. The molecule has 0 spiro atoms. The van der Waals surface area contributed by atoms with Crippen LogP contribution in [-0.2, 0) is 4.79 Å². The Kier molecular flexibility index (Phi) is 5.70. The normalized spacial score (nSPS) is 10.4. The summed E-state index contributed by atoms with van der Waals surface area (Å²) in [5.74, 6) is -0.613. The fraction of sp³-hybridized carbons (Fsp3) is 0.0556. The molecule has 1 aromatic heterocycles. The van der Waals surface area contributed by atoms with Crippen LogP contribution in [0.25, 0.3) is 16.9 Å². The van der Waals surface area contributed by atoms with Crippen LogP contribution >= 0.6 is 11.8 Å². The number of aromatic nitrogens is 2. The molecule has 0 saturated carbocycles. The Balaban J connectivity index is 1.96. The number of rotatable bonds is 6. The molecule has 0 aliphatic carbocycles. The number of imidazole rings is 1. The van der Waals surface area contributed by atoms with E-state index in [1.165, 1.54) is 12.1 Å². The third-order valence-corrected chi connectivity index (χ3v) is 4.61. The highest BCUT2D eigenvalue weighted by molar-refractivity contribution is 7.99. The smallest absolute Gasteiger partial charge is 0.318 e. The van der Waals surface area contributed by atoms with Gasteiger partial charge in [-0.3, -0.25) is 24.8 Å². The summed E-state index contributed by atoms with van der Waals surface area (Å²) in [5, 5.41) is 13.5. The Bertz CT molecular complexity index is 1040. The molecular formula is C18H15N5O4S. The first-order valence-corrected chi connectivity index (χ1v) is 9.04. The quantitative estimate of drug-likeness (QED) is 0.373. The SMILES string of the molecule is NC(=O)NC(=O)CSc1nc(-c2cccc([N+](=O)[O-])c2)cn1-c1ccccc1. The third kappa shape index (κ3) is 4.54. The van der Waals surface area contributed by atoms with Gasteiger partial charge in [0.2, 0.25) is 5.91 Å². The van der Waals surface area contributed by atoms with Gasteiger partial charge in [-0.05, 0) is 12.1 Å². The summed E-state index contributed by atoms with van der Waals surface area (Å²) >= 11 is 1.12. The van der Waals surface area contributed by atoms with Crippen molar-refractivity contribution in [3.8, 4) is 16.9 Å². The van der Waals surface area contributed by atoms with Crippen LogP contribution in [0.5, 0.6) is 0 Å². The maximum absolute atomic E-state index is 11.7. The van der Waals surface area contributed by atoms with E-state index in [-0.39, 0.29) is 11.4 Å². The average Bonchev–Trinajstić information content (AvgIpc) is 3.11. The highest BCUT2D eigenvalue weighted by Crippen LogP contribution is 2.29. The van der Waals surface area contributed by atoms with Crippen molar-refractivity contribution in [1.29, 1.82) is 0 Å². The highest BCUT2D eigenvalue weighted by atomic mass is 32.2. The number of benzene rings is 2. The lowest BCUT2D eigenvalue weighted by molar-refractivity contribution is -0.384. The summed E-state index contributed by atoms with van der Waals surface area (Å²) < 4.78 is 1.77. The van der Waals surface area contributed by atoms with E-state index in [0.717, 1.165) is 17.4 Å². The van der Waals surface area contributed by atoms with Crippen LogP contribution in [0.2, 0.25) is 0 Å². The van der Waals surface area contributed by atoms with Crippen molar-refractivity contribution in [2.75, 3.05) is 5.75 Å². The minimum atomic E-state index is -0.922. The standard InChI is InChI=1S/C18H15N5O4S/c19-17(25)21-16(24)11-28-18-20-15(10-22(18)13-6-2-1-3-7-13)12-5-4-8-14(9-12)23(26)27/h1-10H,11H2,(H3,19,21,24,25). The third-order valence-electron chi connectivity index (χ3n) is 3.66. The first-order chi connectivity index (χ1) is 13.4. The lowest BCUT2D eigenvalue weighted by atomic mass is 10.1.